The molecule has 2 atom stereocenters. The highest BCUT2D eigenvalue weighted by molar-refractivity contribution is 7.90. The van der Waals surface area contributed by atoms with Gasteiger partial charge in [-0.15, -0.1) is 0 Å². The Bertz CT molecular complexity index is 1300. The molecule has 0 fully saturated rings. The van der Waals surface area contributed by atoms with Gasteiger partial charge < -0.3 is 10.2 Å². The minimum absolute atomic E-state index is 0.0839. The molecule has 0 unspecified atom stereocenters. The molecule has 0 radical (unpaired) electrons. The minimum atomic E-state index is -4.00. The second-order valence-electron chi connectivity index (χ2n) is 9.66. The number of hydrogen-bond donors (Lipinski definition) is 1. The van der Waals surface area contributed by atoms with Gasteiger partial charge in [0.2, 0.25) is 11.8 Å². The molecule has 3 rings (SSSR count). The monoisotopic (exact) mass is 550 g/mol. The average Bonchev–Trinajstić information content (AvgIpc) is 2.94. The first-order valence-electron chi connectivity index (χ1n) is 13.1. The normalized spacial score (nSPS) is 12.9. The maximum absolute atomic E-state index is 14.1. The number of rotatable bonds is 13. The van der Waals surface area contributed by atoms with Gasteiger partial charge in [0.25, 0.3) is 0 Å². The van der Waals surface area contributed by atoms with Crippen molar-refractivity contribution in [3.05, 3.63) is 102 Å². The van der Waals surface area contributed by atoms with Gasteiger partial charge in [0.1, 0.15) is 12.6 Å². The lowest BCUT2D eigenvalue weighted by atomic mass is 10.0. The van der Waals surface area contributed by atoms with Crippen LogP contribution >= 0.6 is 0 Å². The minimum Gasteiger partial charge on any atom is -0.352 e. The van der Waals surface area contributed by atoms with E-state index in [4.69, 9.17) is 0 Å². The van der Waals surface area contributed by atoms with E-state index in [0.29, 0.717) is 5.69 Å². The summed E-state index contributed by atoms with van der Waals surface area (Å²) in [5.74, 6) is -0.757. The van der Waals surface area contributed by atoms with Gasteiger partial charge in [0, 0.05) is 33.1 Å². The van der Waals surface area contributed by atoms with E-state index in [1.807, 2.05) is 74.5 Å². The lowest BCUT2D eigenvalue weighted by molar-refractivity contribution is -0.140. The van der Waals surface area contributed by atoms with Crippen molar-refractivity contribution in [1.29, 1.82) is 0 Å². The van der Waals surface area contributed by atoms with Crippen molar-refractivity contribution >= 4 is 27.7 Å². The van der Waals surface area contributed by atoms with Crippen LogP contribution in [0.15, 0.2) is 91.0 Å². The van der Waals surface area contributed by atoms with Crippen molar-refractivity contribution < 1.29 is 18.0 Å². The van der Waals surface area contributed by atoms with Gasteiger partial charge in [-0.3, -0.25) is 9.59 Å². The van der Waals surface area contributed by atoms with Crippen molar-refractivity contribution in [2.75, 3.05) is 24.9 Å². The predicted octanol–water partition coefficient (Wildman–Crippen LogP) is 3.85. The summed E-state index contributed by atoms with van der Waals surface area (Å²) in [7, 11) is -1.15. The Hall–Kier alpha value is -3.69. The Kier molecular flexibility index (Phi) is 10.7. The number of hydrogen-bond acceptors (Lipinski definition) is 4. The molecule has 3 aromatic carbocycles. The molecular formula is C30H38N4O4S. The highest BCUT2D eigenvalue weighted by Gasteiger charge is 2.34. The lowest BCUT2D eigenvalue weighted by Gasteiger charge is -2.34. The molecule has 0 aliphatic carbocycles. The highest BCUT2D eigenvalue weighted by Crippen LogP contribution is 2.21. The molecule has 0 aliphatic rings. The topological polar surface area (TPSA) is 90.0 Å². The fourth-order valence-electron chi connectivity index (χ4n) is 4.09. The van der Waals surface area contributed by atoms with Crippen LogP contribution in [0.4, 0.5) is 5.69 Å². The van der Waals surface area contributed by atoms with Gasteiger partial charge in [-0.25, -0.2) is 4.31 Å². The first kappa shape index (κ1) is 29.9. The molecule has 0 bridgehead atoms. The van der Waals surface area contributed by atoms with E-state index in [9.17, 15) is 18.0 Å². The first-order chi connectivity index (χ1) is 18.6. The van der Waals surface area contributed by atoms with Crippen LogP contribution in [0.25, 0.3) is 0 Å². The molecule has 39 heavy (non-hydrogen) atoms. The van der Waals surface area contributed by atoms with E-state index in [1.54, 1.807) is 30.3 Å². The van der Waals surface area contributed by atoms with Gasteiger partial charge in [-0.1, -0.05) is 85.8 Å². The molecule has 1 N–H and O–H groups in total. The Morgan fingerprint density at radius 3 is 1.85 bits per heavy atom. The van der Waals surface area contributed by atoms with E-state index in [2.05, 4.69) is 5.32 Å². The van der Waals surface area contributed by atoms with Crippen molar-refractivity contribution in [1.82, 2.24) is 14.5 Å². The van der Waals surface area contributed by atoms with E-state index in [0.717, 1.165) is 26.2 Å². The number of para-hydroxylation sites is 1. The van der Waals surface area contributed by atoms with Gasteiger partial charge in [-0.05, 0) is 36.6 Å². The van der Waals surface area contributed by atoms with Gasteiger partial charge >= 0.3 is 10.2 Å². The Labute approximate surface area is 232 Å². The van der Waals surface area contributed by atoms with Crippen LogP contribution in [-0.2, 0) is 32.8 Å². The molecule has 0 saturated heterocycles. The largest absolute Gasteiger partial charge is 0.352 e. The van der Waals surface area contributed by atoms with Crippen LogP contribution in [0.5, 0.6) is 0 Å². The van der Waals surface area contributed by atoms with Crippen molar-refractivity contribution in [2.45, 2.75) is 45.3 Å². The SMILES string of the molecule is CC[C@@H](C)NC(=O)[C@H](Cc1ccccc1)N(Cc1ccccc1)C(=O)CN(c1ccccc1)S(=O)(=O)N(C)C. The molecule has 0 spiro atoms. The fourth-order valence-corrected chi connectivity index (χ4v) is 5.14. The smallest absolute Gasteiger partial charge is 0.304 e. The van der Waals surface area contributed by atoms with E-state index in [1.165, 1.54) is 19.0 Å². The number of carbonyl (C=O) groups excluding carboxylic acids is 2. The van der Waals surface area contributed by atoms with Gasteiger partial charge in [0.15, 0.2) is 0 Å². The molecule has 3 aromatic rings. The number of amides is 2. The zero-order valence-corrected chi connectivity index (χ0v) is 23.8. The molecule has 0 saturated carbocycles. The third-order valence-electron chi connectivity index (χ3n) is 6.53. The summed E-state index contributed by atoms with van der Waals surface area (Å²) < 4.78 is 28.8. The van der Waals surface area contributed by atoms with Crippen molar-refractivity contribution in [3.63, 3.8) is 0 Å². The summed E-state index contributed by atoms with van der Waals surface area (Å²) in [4.78, 5) is 29.3. The van der Waals surface area contributed by atoms with E-state index in [-0.39, 0.29) is 24.9 Å². The molecule has 8 nitrogen and oxygen atoms in total. The zero-order valence-electron chi connectivity index (χ0n) is 23.0. The second-order valence-corrected chi connectivity index (χ2v) is 11.7. The molecule has 208 valence electrons. The number of benzene rings is 3. The lowest BCUT2D eigenvalue weighted by Crippen LogP contribution is -2.55. The average molecular weight is 551 g/mol. The van der Waals surface area contributed by atoms with Crippen molar-refractivity contribution in [2.24, 2.45) is 0 Å². The first-order valence-corrected chi connectivity index (χ1v) is 14.5. The maximum Gasteiger partial charge on any atom is 0.304 e. The molecule has 0 aliphatic heterocycles. The Balaban J connectivity index is 2.06. The Morgan fingerprint density at radius 2 is 1.33 bits per heavy atom. The molecule has 2 amide bonds. The van der Waals surface area contributed by atoms with Crippen LogP contribution < -0.4 is 9.62 Å². The summed E-state index contributed by atoms with van der Waals surface area (Å²) in [6.45, 7) is 3.59. The van der Waals surface area contributed by atoms with Crippen LogP contribution in [-0.4, -0.2) is 62.2 Å². The van der Waals surface area contributed by atoms with Crippen LogP contribution in [0, 0.1) is 0 Å². The second kappa shape index (κ2) is 13.9. The molecule has 9 heteroatoms. The third-order valence-corrected chi connectivity index (χ3v) is 8.35. The number of nitrogens with one attached hydrogen (secondary N) is 1. The van der Waals surface area contributed by atoms with Gasteiger partial charge in [-0.2, -0.15) is 12.7 Å². The van der Waals surface area contributed by atoms with Crippen LogP contribution in [0.1, 0.15) is 31.4 Å². The van der Waals surface area contributed by atoms with Gasteiger partial charge in [0.05, 0.1) is 5.69 Å². The zero-order chi connectivity index (χ0) is 28.4. The maximum atomic E-state index is 14.1. The summed E-state index contributed by atoms with van der Waals surface area (Å²) in [5.41, 5.74) is 2.10. The Morgan fingerprint density at radius 1 is 0.821 bits per heavy atom. The number of nitrogens with zero attached hydrogens (tertiary/aromatic N) is 3. The summed E-state index contributed by atoms with van der Waals surface area (Å²) in [6, 6.07) is 26.5. The summed E-state index contributed by atoms with van der Waals surface area (Å²) in [6.07, 6.45) is 1.02. The van der Waals surface area contributed by atoms with E-state index >= 15 is 0 Å². The standard InChI is InChI=1S/C30H38N4O4S/c1-5-24(2)31-30(36)28(21-25-15-9-6-10-16-25)33(22-26-17-11-7-12-18-26)29(35)23-34(39(37,38)32(3)4)27-19-13-8-14-20-27/h6-20,24,28H,5,21-23H2,1-4H3,(H,31,36)/t24-,28+/m1/s1. The number of anilines is 1. The summed E-state index contributed by atoms with van der Waals surface area (Å²) in [5, 5.41) is 3.03. The van der Waals surface area contributed by atoms with Crippen LogP contribution in [0.2, 0.25) is 0 Å². The fraction of sp³-hybridized carbons (Fsp3) is 0.333. The molecule has 0 heterocycles. The third kappa shape index (κ3) is 8.15. The highest BCUT2D eigenvalue weighted by atomic mass is 32.2. The summed E-state index contributed by atoms with van der Waals surface area (Å²) >= 11 is 0. The quantitative estimate of drug-likeness (QED) is 0.350. The van der Waals surface area contributed by atoms with E-state index < -0.39 is 28.7 Å². The van der Waals surface area contributed by atoms with Crippen LogP contribution in [0.3, 0.4) is 0 Å². The predicted molar refractivity (Wildman–Crippen MR) is 155 cm³/mol. The molecule has 0 aromatic heterocycles. The van der Waals surface area contributed by atoms with Crippen molar-refractivity contribution in [3.8, 4) is 0 Å². The molecular weight excluding hydrogens is 512 g/mol. The number of carbonyl (C=O) groups is 2.